The van der Waals surface area contributed by atoms with Crippen LogP contribution in [0.15, 0.2) is 51.6 Å². The fourth-order valence-corrected chi connectivity index (χ4v) is 3.24. The highest BCUT2D eigenvalue weighted by atomic mass is 79.9. The van der Waals surface area contributed by atoms with E-state index >= 15 is 0 Å². The van der Waals surface area contributed by atoms with Gasteiger partial charge in [-0.1, -0.05) is 23.7 Å². The first kappa shape index (κ1) is 17.2. The average Bonchev–Trinajstić information content (AvgIpc) is 3.38. The normalized spacial score (nSPS) is 13.6. The standard InChI is InChI=1S/C18H14BrClN4O2/c19-12-7-11(8-21-9-12)18(25)24(13-5-6-13)10-16-22-23-17(26-16)14-3-1-2-4-15(14)20/h1-4,7-9,13H,5-6,10H2. The molecule has 1 aromatic carbocycles. The summed E-state index contributed by atoms with van der Waals surface area (Å²) in [6.07, 6.45) is 5.15. The number of aromatic nitrogens is 3. The summed E-state index contributed by atoms with van der Waals surface area (Å²) in [6, 6.07) is 9.22. The number of halogens is 2. The summed E-state index contributed by atoms with van der Waals surface area (Å²) in [5, 5.41) is 8.69. The topological polar surface area (TPSA) is 72.1 Å². The molecule has 2 aromatic heterocycles. The lowest BCUT2D eigenvalue weighted by molar-refractivity contribution is 0.0714. The van der Waals surface area contributed by atoms with Crippen LogP contribution < -0.4 is 0 Å². The van der Waals surface area contributed by atoms with Crippen molar-refractivity contribution in [1.29, 1.82) is 0 Å². The van der Waals surface area contributed by atoms with Gasteiger partial charge in [-0.3, -0.25) is 9.78 Å². The van der Waals surface area contributed by atoms with Gasteiger partial charge in [0.15, 0.2) is 0 Å². The van der Waals surface area contributed by atoms with Gasteiger partial charge in [0.25, 0.3) is 5.91 Å². The maximum absolute atomic E-state index is 12.9. The van der Waals surface area contributed by atoms with Crippen LogP contribution in [0.4, 0.5) is 0 Å². The van der Waals surface area contributed by atoms with Gasteiger partial charge in [0.05, 0.1) is 22.7 Å². The van der Waals surface area contributed by atoms with Crippen molar-refractivity contribution in [3.8, 4) is 11.5 Å². The Balaban J connectivity index is 1.57. The molecule has 2 heterocycles. The largest absolute Gasteiger partial charge is 0.419 e. The first-order chi connectivity index (χ1) is 12.6. The molecular formula is C18H14BrClN4O2. The molecule has 1 amide bonds. The van der Waals surface area contributed by atoms with Crippen molar-refractivity contribution in [2.24, 2.45) is 0 Å². The average molecular weight is 434 g/mol. The summed E-state index contributed by atoms with van der Waals surface area (Å²) >= 11 is 9.52. The zero-order chi connectivity index (χ0) is 18.1. The van der Waals surface area contributed by atoms with E-state index in [1.54, 1.807) is 29.4 Å². The Morgan fingerprint density at radius 3 is 2.81 bits per heavy atom. The van der Waals surface area contributed by atoms with Crippen LogP contribution >= 0.6 is 27.5 Å². The molecule has 6 nitrogen and oxygen atoms in total. The third-order valence-corrected chi connectivity index (χ3v) is 4.84. The molecular weight excluding hydrogens is 420 g/mol. The van der Waals surface area contributed by atoms with Crippen LogP contribution in [-0.4, -0.2) is 32.0 Å². The molecule has 0 radical (unpaired) electrons. The Morgan fingerprint density at radius 2 is 2.08 bits per heavy atom. The molecule has 1 aliphatic carbocycles. The first-order valence-electron chi connectivity index (χ1n) is 8.10. The molecule has 4 rings (SSSR count). The molecule has 8 heteroatoms. The van der Waals surface area contributed by atoms with E-state index in [0.29, 0.717) is 27.9 Å². The van der Waals surface area contributed by atoms with Gasteiger partial charge in [-0.2, -0.15) is 0 Å². The molecule has 0 atom stereocenters. The number of benzene rings is 1. The van der Waals surface area contributed by atoms with Crippen LogP contribution in [0.2, 0.25) is 5.02 Å². The van der Waals surface area contributed by atoms with Crippen LogP contribution in [0.25, 0.3) is 11.5 Å². The molecule has 0 aliphatic heterocycles. The van der Waals surface area contributed by atoms with E-state index in [1.807, 2.05) is 18.2 Å². The predicted octanol–water partition coefficient (Wildman–Crippen LogP) is 4.35. The SMILES string of the molecule is O=C(c1cncc(Br)c1)N(Cc1nnc(-c2ccccc2Cl)o1)C1CC1. The van der Waals surface area contributed by atoms with Crippen molar-refractivity contribution in [2.45, 2.75) is 25.4 Å². The number of hydrogen-bond donors (Lipinski definition) is 0. The fourth-order valence-electron chi connectivity index (χ4n) is 2.65. The van der Waals surface area contributed by atoms with E-state index in [2.05, 4.69) is 31.1 Å². The maximum atomic E-state index is 12.9. The highest BCUT2D eigenvalue weighted by Gasteiger charge is 2.34. The van der Waals surface area contributed by atoms with Crippen molar-refractivity contribution in [3.05, 3.63) is 63.7 Å². The summed E-state index contributed by atoms with van der Waals surface area (Å²) in [5.41, 5.74) is 1.20. The minimum absolute atomic E-state index is 0.0983. The van der Waals surface area contributed by atoms with Gasteiger partial charge in [0, 0.05) is 22.9 Å². The third-order valence-electron chi connectivity index (χ3n) is 4.08. The minimum atomic E-state index is -0.0983. The van der Waals surface area contributed by atoms with Gasteiger partial charge in [-0.25, -0.2) is 0 Å². The molecule has 1 fully saturated rings. The van der Waals surface area contributed by atoms with Gasteiger partial charge in [-0.15, -0.1) is 10.2 Å². The smallest absolute Gasteiger partial charge is 0.256 e. The molecule has 3 aromatic rings. The van der Waals surface area contributed by atoms with Crippen molar-refractivity contribution in [1.82, 2.24) is 20.1 Å². The minimum Gasteiger partial charge on any atom is -0.419 e. The lowest BCUT2D eigenvalue weighted by Crippen LogP contribution is -2.32. The van der Waals surface area contributed by atoms with E-state index in [-0.39, 0.29) is 18.5 Å². The fraction of sp³-hybridized carbons (Fsp3) is 0.222. The number of pyridine rings is 1. The van der Waals surface area contributed by atoms with Crippen LogP contribution in [0.1, 0.15) is 29.1 Å². The lowest BCUT2D eigenvalue weighted by atomic mass is 10.2. The molecule has 132 valence electrons. The van der Waals surface area contributed by atoms with Crippen molar-refractivity contribution < 1.29 is 9.21 Å². The van der Waals surface area contributed by atoms with Gasteiger partial charge in [0.2, 0.25) is 11.8 Å². The van der Waals surface area contributed by atoms with E-state index in [1.165, 1.54) is 0 Å². The Labute approximate surface area is 163 Å². The van der Waals surface area contributed by atoms with Crippen molar-refractivity contribution in [2.75, 3.05) is 0 Å². The molecule has 0 saturated heterocycles. The van der Waals surface area contributed by atoms with Crippen LogP contribution in [-0.2, 0) is 6.54 Å². The number of nitrogens with zero attached hydrogens (tertiary/aromatic N) is 4. The van der Waals surface area contributed by atoms with Crippen molar-refractivity contribution >= 4 is 33.4 Å². The number of carbonyl (C=O) groups excluding carboxylic acids is 1. The molecule has 1 saturated carbocycles. The Morgan fingerprint density at radius 1 is 1.27 bits per heavy atom. The zero-order valence-corrected chi connectivity index (χ0v) is 15.9. The van der Waals surface area contributed by atoms with E-state index in [4.69, 9.17) is 16.0 Å². The molecule has 0 bridgehead atoms. The monoisotopic (exact) mass is 432 g/mol. The van der Waals surface area contributed by atoms with E-state index in [0.717, 1.165) is 17.3 Å². The summed E-state index contributed by atoms with van der Waals surface area (Å²) in [7, 11) is 0. The number of rotatable bonds is 5. The van der Waals surface area contributed by atoms with Gasteiger partial charge in [-0.05, 0) is 47.0 Å². The molecule has 0 unspecified atom stereocenters. The Hall–Kier alpha value is -2.25. The van der Waals surface area contributed by atoms with Gasteiger partial charge < -0.3 is 9.32 Å². The second kappa shape index (κ2) is 7.17. The number of carbonyl (C=O) groups is 1. The summed E-state index contributed by atoms with van der Waals surface area (Å²) in [4.78, 5) is 18.7. The number of hydrogen-bond acceptors (Lipinski definition) is 5. The second-order valence-corrected chi connectivity index (χ2v) is 7.36. The molecule has 26 heavy (non-hydrogen) atoms. The van der Waals surface area contributed by atoms with Crippen molar-refractivity contribution in [3.63, 3.8) is 0 Å². The Kier molecular flexibility index (Phi) is 4.74. The molecule has 1 aliphatic rings. The highest BCUT2D eigenvalue weighted by molar-refractivity contribution is 9.10. The highest BCUT2D eigenvalue weighted by Crippen LogP contribution is 2.31. The van der Waals surface area contributed by atoms with Gasteiger partial charge >= 0.3 is 0 Å². The quantitative estimate of drug-likeness (QED) is 0.598. The van der Waals surface area contributed by atoms with Crippen LogP contribution in [0.5, 0.6) is 0 Å². The van der Waals surface area contributed by atoms with Gasteiger partial charge in [0.1, 0.15) is 0 Å². The van der Waals surface area contributed by atoms with E-state index in [9.17, 15) is 4.79 Å². The summed E-state index contributed by atoms with van der Waals surface area (Å²) < 4.78 is 6.51. The molecule has 0 N–H and O–H groups in total. The maximum Gasteiger partial charge on any atom is 0.256 e. The van der Waals surface area contributed by atoms with Crippen LogP contribution in [0, 0.1) is 0 Å². The first-order valence-corrected chi connectivity index (χ1v) is 9.28. The zero-order valence-electron chi connectivity index (χ0n) is 13.6. The third kappa shape index (κ3) is 3.64. The van der Waals surface area contributed by atoms with E-state index < -0.39 is 0 Å². The predicted molar refractivity (Wildman–Crippen MR) is 99.6 cm³/mol. The number of amides is 1. The Bertz CT molecular complexity index is 958. The summed E-state index contributed by atoms with van der Waals surface area (Å²) in [5.74, 6) is 0.625. The molecule has 0 spiro atoms. The second-order valence-electron chi connectivity index (χ2n) is 6.04. The lowest BCUT2D eigenvalue weighted by Gasteiger charge is -2.20. The summed E-state index contributed by atoms with van der Waals surface area (Å²) in [6.45, 7) is 0.257. The van der Waals surface area contributed by atoms with Crippen LogP contribution in [0.3, 0.4) is 0 Å².